The number of hydrogen-bond donors (Lipinski definition) is 1. The molecule has 1 amide bonds. The lowest BCUT2D eigenvalue weighted by atomic mass is 9.95. The summed E-state index contributed by atoms with van der Waals surface area (Å²) in [7, 11) is 1.68. The Kier molecular flexibility index (Phi) is 6.62. The van der Waals surface area contributed by atoms with Crippen LogP contribution in [0.4, 0.5) is 0 Å². The summed E-state index contributed by atoms with van der Waals surface area (Å²) < 4.78 is 7.28. The Morgan fingerprint density at radius 2 is 2.12 bits per heavy atom. The van der Waals surface area contributed by atoms with Gasteiger partial charge in [-0.05, 0) is 44.4 Å². The van der Waals surface area contributed by atoms with Crippen molar-refractivity contribution in [2.45, 2.75) is 58.5 Å². The fraction of sp³-hybridized carbons (Fsp3) is 0.579. The summed E-state index contributed by atoms with van der Waals surface area (Å²) in [5, 5.41) is 12.4. The smallest absolute Gasteiger partial charge is 0.262 e. The van der Waals surface area contributed by atoms with E-state index in [0.29, 0.717) is 6.61 Å². The van der Waals surface area contributed by atoms with Gasteiger partial charge in [-0.3, -0.25) is 4.79 Å². The Balaban J connectivity index is 2.14. The molecule has 5 heteroatoms. The number of carbonyl (C=O) groups excluding carboxylic acids is 1. The highest BCUT2D eigenvalue weighted by Crippen LogP contribution is 2.20. The first kappa shape index (κ1) is 18.3. The van der Waals surface area contributed by atoms with E-state index in [9.17, 15) is 10.1 Å². The Morgan fingerprint density at radius 3 is 2.75 bits per heavy atom. The SMILES string of the molecule is COCCn1c(C)cc(/C=C(\C#N)C(=O)NC2CCCCC2)c1C. The highest BCUT2D eigenvalue weighted by Gasteiger charge is 2.18. The van der Waals surface area contributed by atoms with Crippen LogP contribution in [0.5, 0.6) is 0 Å². The predicted octanol–water partition coefficient (Wildman–Crippen LogP) is 3.11. The monoisotopic (exact) mass is 329 g/mol. The Labute approximate surface area is 144 Å². The molecular formula is C19H27N3O2. The zero-order chi connectivity index (χ0) is 17.5. The average molecular weight is 329 g/mol. The summed E-state index contributed by atoms with van der Waals surface area (Å²) >= 11 is 0. The molecule has 24 heavy (non-hydrogen) atoms. The lowest BCUT2D eigenvalue weighted by Crippen LogP contribution is -2.36. The summed E-state index contributed by atoms with van der Waals surface area (Å²) in [6, 6.07) is 4.27. The van der Waals surface area contributed by atoms with Crippen LogP contribution in [0.15, 0.2) is 11.6 Å². The fourth-order valence-electron chi connectivity index (χ4n) is 3.31. The van der Waals surface area contributed by atoms with Gasteiger partial charge in [-0.2, -0.15) is 5.26 Å². The number of aromatic nitrogens is 1. The Bertz CT molecular complexity index is 646. The number of aryl methyl sites for hydroxylation is 1. The molecule has 0 spiro atoms. The van der Waals surface area contributed by atoms with Crippen molar-refractivity contribution in [2.24, 2.45) is 0 Å². The summed E-state index contributed by atoms with van der Waals surface area (Å²) in [6.45, 7) is 5.42. The van der Waals surface area contributed by atoms with Crippen molar-refractivity contribution in [3.05, 3.63) is 28.6 Å². The van der Waals surface area contributed by atoms with Gasteiger partial charge >= 0.3 is 0 Å². The van der Waals surface area contributed by atoms with E-state index in [1.807, 2.05) is 19.9 Å². The number of rotatable bonds is 6. The number of nitrogens with zero attached hydrogens (tertiary/aromatic N) is 2. The van der Waals surface area contributed by atoms with Crippen molar-refractivity contribution < 1.29 is 9.53 Å². The van der Waals surface area contributed by atoms with Gasteiger partial charge < -0.3 is 14.6 Å². The van der Waals surface area contributed by atoms with Crippen LogP contribution < -0.4 is 5.32 Å². The lowest BCUT2D eigenvalue weighted by molar-refractivity contribution is -0.117. The van der Waals surface area contributed by atoms with E-state index in [4.69, 9.17) is 4.74 Å². The van der Waals surface area contributed by atoms with Crippen molar-refractivity contribution >= 4 is 12.0 Å². The van der Waals surface area contributed by atoms with Crippen LogP contribution in [0, 0.1) is 25.2 Å². The molecule has 130 valence electrons. The maximum atomic E-state index is 12.4. The van der Waals surface area contributed by atoms with Crippen LogP contribution in [0.25, 0.3) is 6.08 Å². The molecule has 1 aliphatic rings. The maximum Gasteiger partial charge on any atom is 0.262 e. The molecule has 0 atom stereocenters. The molecule has 0 saturated heterocycles. The fourth-order valence-corrected chi connectivity index (χ4v) is 3.31. The van der Waals surface area contributed by atoms with Gasteiger partial charge in [0.15, 0.2) is 0 Å². The quantitative estimate of drug-likeness (QED) is 0.644. The van der Waals surface area contributed by atoms with E-state index in [1.54, 1.807) is 13.2 Å². The minimum Gasteiger partial charge on any atom is -0.383 e. The standard InChI is InChI=1S/C19H27N3O2/c1-14-11-16(15(2)22(14)9-10-24-3)12-17(13-20)19(23)21-18-7-5-4-6-8-18/h11-12,18H,4-10H2,1-3H3,(H,21,23)/b17-12+. The molecule has 1 fully saturated rings. The van der Waals surface area contributed by atoms with Gasteiger partial charge in [0.25, 0.3) is 5.91 Å². The van der Waals surface area contributed by atoms with Gasteiger partial charge in [-0.15, -0.1) is 0 Å². The number of methoxy groups -OCH3 is 1. The normalized spacial score (nSPS) is 16.0. The second-order valence-corrected chi connectivity index (χ2v) is 6.45. The highest BCUT2D eigenvalue weighted by atomic mass is 16.5. The number of hydrogen-bond acceptors (Lipinski definition) is 3. The largest absolute Gasteiger partial charge is 0.383 e. The van der Waals surface area contributed by atoms with E-state index >= 15 is 0 Å². The van der Waals surface area contributed by atoms with Crippen molar-refractivity contribution in [2.75, 3.05) is 13.7 Å². The van der Waals surface area contributed by atoms with Crippen molar-refractivity contribution in [3.8, 4) is 6.07 Å². The molecule has 0 unspecified atom stereocenters. The van der Waals surface area contributed by atoms with Crippen LogP contribution >= 0.6 is 0 Å². The molecule has 1 aromatic heterocycles. The second kappa shape index (κ2) is 8.70. The second-order valence-electron chi connectivity index (χ2n) is 6.45. The lowest BCUT2D eigenvalue weighted by Gasteiger charge is -2.22. The van der Waals surface area contributed by atoms with Gasteiger partial charge in [0.05, 0.1) is 6.61 Å². The van der Waals surface area contributed by atoms with E-state index in [2.05, 4.69) is 16.0 Å². The van der Waals surface area contributed by atoms with Gasteiger partial charge in [0.2, 0.25) is 0 Å². The number of carbonyl (C=O) groups is 1. The summed E-state index contributed by atoms with van der Waals surface area (Å²) in [6.07, 6.45) is 7.25. The molecule has 2 rings (SSSR count). The van der Waals surface area contributed by atoms with Crippen LogP contribution in [0.3, 0.4) is 0 Å². The van der Waals surface area contributed by atoms with Crippen LogP contribution in [0.2, 0.25) is 0 Å². The molecule has 0 bridgehead atoms. The van der Waals surface area contributed by atoms with Gasteiger partial charge in [0, 0.05) is 31.1 Å². The molecule has 1 aromatic rings. The first-order chi connectivity index (χ1) is 11.6. The van der Waals surface area contributed by atoms with E-state index in [1.165, 1.54) is 6.42 Å². The van der Waals surface area contributed by atoms with Gasteiger partial charge in [-0.25, -0.2) is 0 Å². The van der Waals surface area contributed by atoms with Crippen molar-refractivity contribution in [1.82, 2.24) is 9.88 Å². The Hall–Kier alpha value is -2.06. The molecule has 0 aliphatic heterocycles. The van der Waals surface area contributed by atoms with Crippen LogP contribution in [0.1, 0.15) is 49.1 Å². The predicted molar refractivity (Wildman–Crippen MR) is 94.4 cm³/mol. The molecule has 0 radical (unpaired) electrons. The number of amides is 1. The highest BCUT2D eigenvalue weighted by molar-refractivity contribution is 6.02. The molecule has 1 saturated carbocycles. The maximum absolute atomic E-state index is 12.4. The molecule has 0 aromatic carbocycles. The zero-order valence-electron chi connectivity index (χ0n) is 14.9. The minimum absolute atomic E-state index is 0.174. The van der Waals surface area contributed by atoms with Crippen molar-refractivity contribution in [1.29, 1.82) is 5.26 Å². The first-order valence-corrected chi connectivity index (χ1v) is 8.65. The zero-order valence-corrected chi connectivity index (χ0v) is 14.9. The van der Waals surface area contributed by atoms with Crippen LogP contribution in [-0.4, -0.2) is 30.2 Å². The third-order valence-electron chi connectivity index (χ3n) is 4.74. The topological polar surface area (TPSA) is 67.0 Å². The Morgan fingerprint density at radius 1 is 1.42 bits per heavy atom. The van der Waals surface area contributed by atoms with Gasteiger partial charge in [0.1, 0.15) is 11.6 Å². The first-order valence-electron chi connectivity index (χ1n) is 8.65. The van der Waals surface area contributed by atoms with Crippen molar-refractivity contribution in [3.63, 3.8) is 0 Å². The molecule has 1 N–H and O–H groups in total. The molecular weight excluding hydrogens is 302 g/mol. The third-order valence-corrected chi connectivity index (χ3v) is 4.74. The van der Waals surface area contributed by atoms with E-state index in [-0.39, 0.29) is 17.5 Å². The summed E-state index contributed by atoms with van der Waals surface area (Å²) in [5.74, 6) is -0.258. The summed E-state index contributed by atoms with van der Waals surface area (Å²) in [5.41, 5.74) is 3.23. The van der Waals surface area contributed by atoms with E-state index in [0.717, 1.165) is 49.2 Å². The van der Waals surface area contributed by atoms with Crippen LogP contribution in [-0.2, 0) is 16.1 Å². The number of ether oxygens (including phenoxy) is 1. The average Bonchev–Trinajstić information content (AvgIpc) is 2.85. The molecule has 1 heterocycles. The minimum atomic E-state index is -0.258. The number of nitriles is 1. The van der Waals surface area contributed by atoms with Gasteiger partial charge in [-0.1, -0.05) is 19.3 Å². The van der Waals surface area contributed by atoms with E-state index < -0.39 is 0 Å². The third kappa shape index (κ3) is 4.48. The number of nitrogens with one attached hydrogen (secondary N) is 1. The molecule has 5 nitrogen and oxygen atoms in total. The molecule has 1 aliphatic carbocycles. The summed E-state index contributed by atoms with van der Waals surface area (Å²) in [4.78, 5) is 12.4.